The van der Waals surface area contributed by atoms with Crippen molar-refractivity contribution in [1.29, 1.82) is 0 Å². The molecule has 116 valence electrons. The predicted molar refractivity (Wildman–Crippen MR) is 76.8 cm³/mol. The van der Waals surface area contributed by atoms with Gasteiger partial charge in [-0.3, -0.25) is 4.79 Å². The van der Waals surface area contributed by atoms with Crippen LogP contribution in [0.2, 0.25) is 0 Å². The van der Waals surface area contributed by atoms with Crippen LogP contribution in [-0.4, -0.2) is 23.0 Å². The number of ketones is 1. The molecule has 2 saturated carbocycles. The Hall–Kier alpha value is -1.23. The van der Waals surface area contributed by atoms with Crippen molar-refractivity contribution in [3.8, 4) is 0 Å². The number of rotatable bonds is 3. The first-order valence-electron chi connectivity index (χ1n) is 8.04. The maximum atomic E-state index is 11.3. The zero-order valence-corrected chi connectivity index (χ0v) is 12.9. The summed E-state index contributed by atoms with van der Waals surface area (Å²) < 4.78 is 11.3. The number of hydrogen-bond donors (Lipinski definition) is 0. The molecular formula is C16H24N2O3. The van der Waals surface area contributed by atoms with Crippen molar-refractivity contribution in [2.75, 3.05) is 7.11 Å². The highest BCUT2D eigenvalue weighted by atomic mass is 16.5. The molecule has 0 radical (unpaired) electrons. The van der Waals surface area contributed by atoms with Gasteiger partial charge in [0.1, 0.15) is 11.4 Å². The first-order valence-corrected chi connectivity index (χ1v) is 8.04. The van der Waals surface area contributed by atoms with E-state index < -0.39 is 0 Å². The van der Waals surface area contributed by atoms with Crippen LogP contribution >= 0.6 is 0 Å². The quantitative estimate of drug-likeness (QED) is 0.854. The van der Waals surface area contributed by atoms with Crippen molar-refractivity contribution in [1.82, 2.24) is 10.1 Å². The van der Waals surface area contributed by atoms with Crippen LogP contribution in [0, 0.1) is 5.92 Å². The highest BCUT2D eigenvalue weighted by Crippen LogP contribution is 2.42. The molecule has 0 spiro atoms. The maximum absolute atomic E-state index is 11.3. The van der Waals surface area contributed by atoms with Gasteiger partial charge in [-0.2, -0.15) is 4.98 Å². The second-order valence-corrected chi connectivity index (χ2v) is 6.67. The smallest absolute Gasteiger partial charge is 0.229 e. The topological polar surface area (TPSA) is 65.2 Å². The number of Topliss-reactive ketones (excluding diaryl/α,β-unsaturated/α-hetero) is 1. The van der Waals surface area contributed by atoms with Gasteiger partial charge in [0.05, 0.1) is 0 Å². The minimum atomic E-state index is -0.385. The van der Waals surface area contributed by atoms with Crippen molar-refractivity contribution in [3.05, 3.63) is 11.7 Å². The van der Waals surface area contributed by atoms with E-state index in [0.29, 0.717) is 36.3 Å². The average Bonchev–Trinajstić information content (AvgIpc) is 2.98. The number of ether oxygens (including phenoxy) is 1. The molecular weight excluding hydrogens is 268 g/mol. The van der Waals surface area contributed by atoms with Crippen molar-refractivity contribution < 1.29 is 14.1 Å². The van der Waals surface area contributed by atoms with Crippen LogP contribution in [-0.2, 0) is 15.1 Å². The molecule has 0 aliphatic heterocycles. The minimum absolute atomic E-state index is 0.235. The summed E-state index contributed by atoms with van der Waals surface area (Å²) in [4.78, 5) is 16.0. The lowest BCUT2D eigenvalue weighted by molar-refractivity contribution is -0.120. The van der Waals surface area contributed by atoms with Gasteiger partial charge in [0.15, 0.2) is 0 Å². The monoisotopic (exact) mass is 292 g/mol. The van der Waals surface area contributed by atoms with E-state index in [0.717, 1.165) is 32.1 Å². The van der Waals surface area contributed by atoms with Crippen LogP contribution in [0.15, 0.2) is 4.52 Å². The Morgan fingerprint density at radius 1 is 1.29 bits per heavy atom. The van der Waals surface area contributed by atoms with Crippen LogP contribution in [0.25, 0.3) is 0 Å². The number of methoxy groups -OCH3 is 1. The molecule has 21 heavy (non-hydrogen) atoms. The third-order valence-corrected chi connectivity index (χ3v) is 5.09. The van der Waals surface area contributed by atoms with Gasteiger partial charge in [-0.15, -0.1) is 0 Å². The van der Waals surface area contributed by atoms with Gasteiger partial charge >= 0.3 is 0 Å². The zero-order chi connectivity index (χ0) is 14.9. The van der Waals surface area contributed by atoms with Crippen molar-refractivity contribution in [3.63, 3.8) is 0 Å². The Morgan fingerprint density at radius 2 is 2.05 bits per heavy atom. The zero-order valence-electron chi connectivity index (χ0n) is 12.9. The van der Waals surface area contributed by atoms with Crippen LogP contribution in [0.5, 0.6) is 0 Å². The summed E-state index contributed by atoms with van der Waals surface area (Å²) >= 11 is 0. The fourth-order valence-corrected chi connectivity index (χ4v) is 3.76. The molecule has 2 atom stereocenters. The first-order chi connectivity index (χ1) is 10.1. The fraction of sp³-hybridized carbons (Fsp3) is 0.812. The SMILES string of the molecule is COC1(c2noc(C3CCC(=O)CC3)n2)CCCC(C)C1. The van der Waals surface area contributed by atoms with Gasteiger partial charge in [-0.05, 0) is 38.0 Å². The Balaban J connectivity index is 1.78. The predicted octanol–water partition coefficient (Wildman–Crippen LogP) is 3.35. The van der Waals surface area contributed by atoms with Gasteiger partial charge in [0.25, 0.3) is 0 Å². The Kier molecular flexibility index (Phi) is 4.11. The van der Waals surface area contributed by atoms with E-state index in [1.54, 1.807) is 7.11 Å². The summed E-state index contributed by atoms with van der Waals surface area (Å²) in [6, 6.07) is 0. The Labute approximate surface area is 125 Å². The van der Waals surface area contributed by atoms with E-state index in [9.17, 15) is 4.79 Å². The van der Waals surface area contributed by atoms with Crippen molar-refractivity contribution in [2.24, 2.45) is 5.92 Å². The van der Waals surface area contributed by atoms with Crippen LogP contribution in [0.4, 0.5) is 0 Å². The minimum Gasteiger partial charge on any atom is -0.370 e. The molecule has 2 aliphatic rings. The highest BCUT2D eigenvalue weighted by Gasteiger charge is 2.41. The van der Waals surface area contributed by atoms with Gasteiger partial charge in [0.2, 0.25) is 11.7 Å². The fourth-order valence-electron chi connectivity index (χ4n) is 3.76. The summed E-state index contributed by atoms with van der Waals surface area (Å²) in [6.07, 6.45) is 7.20. The molecule has 1 aromatic rings. The van der Waals surface area contributed by atoms with Gasteiger partial charge in [-0.25, -0.2) is 0 Å². The Morgan fingerprint density at radius 3 is 2.71 bits per heavy atom. The van der Waals surface area contributed by atoms with Crippen LogP contribution in [0.3, 0.4) is 0 Å². The Bertz CT molecular complexity index is 503. The summed E-state index contributed by atoms with van der Waals surface area (Å²) in [5, 5.41) is 4.22. The second-order valence-electron chi connectivity index (χ2n) is 6.67. The molecule has 3 rings (SSSR count). The van der Waals surface area contributed by atoms with E-state index in [1.165, 1.54) is 6.42 Å². The summed E-state index contributed by atoms with van der Waals surface area (Å²) in [5.41, 5.74) is -0.385. The van der Waals surface area contributed by atoms with Gasteiger partial charge < -0.3 is 9.26 Å². The lowest BCUT2D eigenvalue weighted by Crippen LogP contribution is -2.35. The molecule has 2 aliphatic carbocycles. The van der Waals surface area contributed by atoms with E-state index in [1.807, 2.05) is 0 Å². The molecule has 2 fully saturated rings. The third-order valence-electron chi connectivity index (χ3n) is 5.09. The molecule has 0 saturated heterocycles. The molecule has 0 aromatic carbocycles. The highest BCUT2D eigenvalue weighted by molar-refractivity contribution is 5.79. The average molecular weight is 292 g/mol. The van der Waals surface area contributed by atoms with Crippen LogP contribution < -0.4 is 0 Å². The molecule has 1 heterocycles. The molecule has 5 nitrogen and oxygen atoms in total. The molecule has 2 unspecified atom stereocenters. The number of carbonyl (C=O) groups is 1. The van der Waals surface area contributed by atoms with Crippen molar-refractivity contribution >= 4 is 5.78 Å². The molecule has 0 N–H and O–H groups in total. The largest absolute Gasteiger partial charge is 0.370 e. The summed E-state index contributed by atoms with van der Waals surface area (Å²) in [5.74, 6) is 2.59. The molecule has 1 aromatic heterocycles. The number of nitrogens with zero attached hydrogens (tertiary/aromatic N) is 2. The maximum Gasteiger partial charge on any atom is 0.229 e. The molecule has 0 amide bonds. The summed E-state index contributed by atoms with van der Waals surface area (Å²) in [6.45, 7) is 2.25. The lowest BCUT2D eigenvalue weighted by atomic mass is 9.78. The van der Waals surface area contributed by atoms with Crippen molar-refractivity contribution in [2.45, 2.75) is 69.8 Å². The van der Waals surface area contributed by atoms with E-state index in [4.69, 9.17) is 9.26 Å². The number of aromatic nitrogens is 2. The van der Waals surface area contributed by atoms with E-state index in [-0.39, 0.29) is 11.5 Å². The van der Waals surface area contributed by atoms with E-state index >= 15 is 0 Å². The number of hydrogen-bond acceptors (Lipinski definition) is 5. The van der Waals surface area contributed by atoms with E-state index in [2.05, 4.69) is 17.1 Å². The third kappa shape index (κ3) is 2.89. The van der Waals surface area contributed by atoms with Crippen LogP contribution in [0.1, 0.15) is 75.9 Å². The summed E-state index contributed by atoms with van der Waals surface area (Å²) in [7, 11) is 1.74. The lowest BCUT2D eigenvalue weighted by Gasteiger charge is -2.36. The number of carbonyl (C=O) groups excluding carboxylic acids is 1. The molecule has 5 heteroatoms. The first kappa shape index (κ1) is 14.7. The van der Waals surface area contributed by atoms with Gasteiger partial charge in [0, 0.05) is 25.9 Å². The second kappa shape index (κ2) is 5.87. The van der Waals surface area contributed by atoms with Gasteiger partial charge in [-0.1, -0.05) is 18.5 Å². The normalized spacial score (nSPS) is 31.5. The standard InChI is InChI=1S/C16H24N2O3/c1-11-4-3-9-16(10-11,20-2)15-17-14(21-18-15)12-5-7-13(19)8-6-12/h11-12H,3-10H2,1-2H3. The molecule has 0 bridgehead atoms.